The Bertz CT molecular complexity index is 306. The Morgan fingerprint density at radius 3 is 2.14 bits per heavy atom. The Kier molecular flexibility index (Phi) is 3.34. The Balaban J connectivity index is 2.63. The van der Waals surface area contributed by atoms with Crippen LogP contribution in [0.4, 0.5) is 4.79 Å². The number of amides is 1. The lowest BCUT2D eigenvalue weighted by atomic mass is 10.3. The minimum absolute atomic E-state index is 0.123. The molecule has 2 N–H and O–H groups in total. The number of hydrogen-bond acceptors (Lipinski definition) is 3. The number of hydrogen-bond donors (Lipinski definition) is 1. The smallest absolute Gasteiger partial charge is 0.409 e. The van der Waals surface area contributed by atoms with Crippen molar-refractivity contribution >= 4 is 6.09 Å². The van der Waals surface area contributed by atoms with Gasteiger partial charge in [0.2, 0.25) is 0 Å². The molecule has 0 saturated carbocycles. The van der Waals surface area contributed by atoms with Crippen molar-refractivity contribution in [1.82, 2.24) is 0 Å². The van der Waals surface area contributed by atoms with E-state index >= 15 is 0 Å². The van der Waals surface area contributed by atoms with Crippen LogP contribution in [0.5, 0.6) is 11.5 Å². The second kappa shape index (κ2) is 4.50. The molecule has 0 aliphatic carbocycles. The van der Waals surface area contributed by atoms with Crippen molar-refractivity contribution in [2.75, 3.05) is 0 Å². The fraction of sp³-hybridized carbons (Fsp3) is 0.300. The van der Waals surface area contributed by atoms with Crippen LogP contribution in [0.25, 0.3) is 0 Å². The van der Waals surface area contributed by atoms with Crippen molar-refractivity contribution in [1.29, 1.82) is 0 Å². The van der Waals surface area contributed by atoms with Crippen molar-refractivity contribution in [2.24, 2.45) is 5.73 Å². The Morgan fingerprint density at radius 2 is 1.71 bits per heavy atom. The molecule has 76 valence electrons. The molecule has 1 rings (SSSR count). The number of carbonyl (C=O) groups excluding carboxylic acids is 1. The lowest BCUT2D eigenvalue weighted by molar-refractivity contribution is 0.210. The highest BCUT2D eigenvalue weighted by atomic mass is 16.5. The third-order valence-corrected chi connectivity index (χ3v) is 1.41. The van der Waals surface area contributed by atoms with E-state index in [9.17, 15) is 4.79 Å². The molecule has 1 aromatic carbocycles. The summed E-state index contributed by atoms with van der Waals surface area (Å²) < 4.78 is 10.1. The molecule has 0 aliphatic heterocycles. The first-order chi connectivity index (χ1) is 6.58. The van der Waals surface area contributed by atoms with Crippen LogP contribution >= 0.6 is 0 Å². The maximum absolute atomic E-state index is 10.4. The molecule has 4 heteroatoms. The van der Waals surface area contributed by atoms with Crippen LogP contribution in [-0.2, 0) is 0 Å². The first kappa shape index (κ1) is 10.4. The Morgan fingerprint density at radius 1 is 1.21 bits per heavy atom. The minimum Gasteiger partial charge on any atom is -0.491 e. The average Bonchev–Trinajstić information content (AvgIpc) is 2.06. The lowest BCUT2D eigenvalue weighted by Crippen LogP contribution is -2.16. The van der Waals surface area contributed by atoms with Crippen molar-refractivity contribution in [3.63, 3.8) is 0 Å². The SMILES string of the molecule is CC(C)Oc1ccc(OC(N)=O)cc1. The number of benzene rings is 1. The van der Waals surface area contributed by atoms with E-state index < -0.39 is 6.09 Å². The van der Waals surface area contributed by atoms with Gasteiger partial charge in [0, 0.05) is 0 Å². The quantitative estimate of drug-likeness (QED) is 0.801. The van der Waals surface area contributed by atoms with E-state index in [0.717, 1.165) is 5.75 Å². The molecule has 0 aliphatic rings. The van der Waals surface area contributed by atoms with Crippen LogP contribution in [0.3, 0.4) is 0 Å². The van der Waals surface area contributed by atoms with Crippen molar-refractivity contribution in [3.05, 3.63) is 24.3 Å². The first-order valence-electron chi connectivity index (χ1n) is 4.32. The summed E-state index contributed by atoms with van der Waals surface area (Å²) in [6, 6.07) is 6.70. The summed E-state index contributed by atoms with van der Waals surface area (Å²) in [5, 5.41) is 0. The van der Waals surface area contributed by atoms with Crippen molar-refractivity contribution in [2.45, 2.75) is 20.0 Å². The first-order valence-corrected chi connectivity index (χ1v) is 4.32. The molecule has 0 bridgehead atoms. The second-order valence-electron chi connectivity index (χ2n) is 3.06. The van der Waals surface area contributed by atoms with E-state index in [1.165, 1.54) is 0 Å². The maximum Gasteiger partial charge on any atom is 0.409 e. The van der Waals surface area contributed by atoms with E-state index in [4.69, 9.17) is 10.5 Å². The maximum atomic E-state index is 10.4. The highest BCUT2D eigenvalue weighted by Crippen LogP contribution is 2.18. The Hall–Kier alpha value is -1.71. The van der Waals surface area contributed by atoms with Gasteiger partial charge in [0.05, 0.1) is 6.10 Å². The molecule has 1 amide bonds. The summed E-state index contributed by atoms with van der Waals surface area (Å²) in [7, 11) is 0. The number of primary amides is 1. The van der Waals surface area contributed by atoms with Crippen molar-refractivity contribution in [3.8, 4) is 11.5 Å². The fourth-order valence-corrected chi connectivity index (χ4v) is 0.975. The van der Waals surface area contributed by atoms with Gasteiger partial charge < -0.3 is 15.2 Å². The van der Waals surface area contributed by atoms with Crippen LogP contribution in [0.2, 0.25) is 0 Å². The summed E-state index contributed by atoms with van der Waals surface area (Å²) in [4.78, 5) is 10.4. The van der Waals surface area contributed by atoms with Crippen LogP contribution in [0.1, 0.15) is 13.8 Å². The summed E-state index contributed by atoms with van der Waals surface area (Å²) in [6.07, 6.45) is -0.694. The molecular weight excluding hydrogens is 182 g/mol. The average molecular weight is 195 g/mol. The van der Waals surface area contributed by atoms with Crippen LogP contribution in [0.15, 0.2) is 24.3 Å². The molecule has 0 saturated heterocycles. The summed E-state index contributed by atoms with van der Waals surface area (Å²) >= 11 is 0. The number of rotatable bonds is 3. The van der Waals surface area contributed by atoms with Gasteiger partial charge in [-0.2, -0.15) is 0 Å². The third kappa shape index (κ3) is 3.35. The van der Waals surface area contributed by atoms with Gasteiger partial charge in [-0.15, -0.1) is 0 Å². The van der Waals surface area contributed by atoms with Crippen LogP contribution in [0, 0.1) is 0 Å². The van der Waals surface area contributed by atoms with Gasteiger partial charge >= 0.3 is 6.09 Å². The molecule has 0 unspecified atom stereocenters. The predicted octanol–water partition coefficient (Wildman–Crippen LogP) is 1.93. The predicted molar refractivity (Wildman–Crippen MR) is 52.4 cm³/mol. The zero-order valence-electron chi connectivity index (χ0n) is 8.19. The molecule has 0 heterocycles. The molecule has 0 fully saturated rings. The zero-order valence-corrected chi connectivity index (χ0v) is 8.19. The largest absolute Gasteiger partial charge is 0.491 e. The van der Waals surface area contributed by atoms with Gasteiger partial charge in [0.25, 0.3) is 0 Å². The van der Waals surface area contributed by atoms with Crippen LogP contribution < -0.4 is 15.2 Å². The summed E-state index contributed by atoms with van der Waals surface area (Å²) in [6.45, 7) is 3.88. The fourth-order valence-electron chi connectivity index (χ4n) is 0.975. The lowest BCUT2D eigenvalue weighted by Gasteiger charge is -2.09. The highest BCUT2D eigenvalue weighted by molar-refractivity contribution is 5.68. The highest BCUT2D eigenvalue weighted by Gasteiger charge is 2.00. The normalized spacial score (nSPS) is 9.93. The van der Waals surface area contributed by atoms with Gasteiger partial charge in [0.15, 0.2) is 0 Å². The van der Waals surface area contributed by atoms with Gasteiger partial charge in [-0.3, -0.25) is 0 Å². The van der Waals surface area contributed by atoms with E-state index in [-0.39, 0.29) is 6.10 Å². The molecule has 1 aromatic rings. The summed E-state index contributed by atoms with van der Waals surface area (Å²) in [5.74, 6) is 1.14. The molecule has 0 radical (unpaired) electrons. The molecule has 0 aromatic heterocycles. The summed E-state index contributed by atoms with van der Waals surface area (Å²) in [5.41, 5.74) is 4.85. The van der Waals surface area contributed by atoms with Gasteiger partial charge in [-0.05, 0) is 38.1 Å². The van der Waals surface area contributed by atoms with E-state index in [2.05, 4.69) is 4.74 Å². The topological polar surface area (TPSA) is 61.6 Å². The molecule has 0 spiro atoms. The van der Waals surface area contributed by atoms with Crippen LogP contribution in [-0.4, -0.2) is 12.2 Å². The van der Waals surface area contributed by atoms with Gasteiger partial charge in [-0.1, -0.05) is 0 Å². The van der Waals surface area contributed by atoms with Crippen molar-refractivity contribution < 1.29 is 14.3 Å². The molecule has 4 nitrogen and oxygen atoms in total. The zero-order chi connectivity index (χ0) is 10.6. The number of ether oxygens (including phenoxy) is 2. The molecular formula is C10H13NO3. The van der Waals surface area contributed by atoms with E-state index in [1.807, 2.05) is 13.8 Å². The number of carbonyl (C=O) groups is 1. The minimum atomic E-state index is -0.817. The van der Waals surface area contributed by atoms with E-state index in [1.54, 1.807) is 24.3 Å². The van der Waals surface area contributed by atoms with Gasteiger partial charge in [-0.25, -0.2) is 4.79 Å². The molecule has 0 atom stereocenters. The Labute approximate surface area is 82.6 Å². The van der Waals surface area contributed by atoms with E-state index in [0.29, 0.717) is 5.75 Å². The monoisotopic (exact) mass is 195 g/mol. The molecule has 14 heavy (non-hydrogen) atoms. The van der Waals surface area contributed by atoms with Gasteiger partial charge in [0.1, 0.15) is 11.5 Å². The second-order valence-corrected chi connectivity index (χ2v) is 3.06. The third-order valence-electron chi connectivity index (χ3n) is 1.41. The number of nitrogens with two attached hydrogens (primary N) is 1. The standard InChI is InChI=1S/C10H13NO3/c1-7(2)13-8-3-5-9(6-4-8)14-10(11)12/h3-7H,1-2H3,(H2,11,12).